The van der Waals surface area contributed by atoms with Crippen molar-refractivity contribution in [3.05, 3.63) is 50.4 Å². The van der Waals surface area contributed by atoms with Gasteiger partial charge in [0.2, 0.25) is 0 Å². The van der Waals surface area contributed by atoms with Crippen LogP contribution < -0.4 is 15.5 Å². The Morgan fingerprint density at radius 1 is 1.19 bits per heavy atom. The van der Waals surface area contributed by atoms with E-state index in [9.17, 15) is 14.4 Å². The zero-order valence-electron chi connectivity index (χ0n) is 21.7. The summed E-state index contributed by atoms with van der Waals surface area (Å²) in [6.07, 6.45) is 5.41. The van der Waals surface area contributed by atoms with Crippen LogP contribution in [0.5, 0.6) is 5.75 Å². The number of rotatable bonds is 5. The first-order valence-corrected chi connectivity index (χ1v) is 13.4. The molecule has 2 aliphatic rings. The number of ether oxygens (including phenoxy) is 2. The zero-order chi connectivity index (χ0) is 26.6. The number of carbonyl (C=O) groups excluding carboxylic acids is 2. The fourth-order valence-electron chi connectivity index (χ4n) is 5.04. The highest BCUT2D eigenvalue weighted by atomic mass is 32.1. The van der Waals surface area contributed by atoms with Gasteiger partial charge in [-0.05, 0) is 77.5 Å². The van der Waals surface area contributed by atoms with Gasteiger partial charge < -0.3 is 19.4 Å². The third kappa shape index (κ3) is 4.77. The number of aryl methyl sites for hydroxylation is 1. The lowest BCUT2D eigenvalue weighted by Gasteiger charge is -2.26. The number of fused-ring (bicyclic) bond motifs is 2. The Morgan fingerprint density at radius 2 is 1.92 bits per heavy atom. The van der Waals surface area contributed by atoms with E-state index in [0.29, 0.717) is 10.4 Å². The minimum Gasteiger partial charge on any atom is -0.494 e. The van der Waals surface area contributed by atoms with E-state index in [1.807, 2.05) is 31.4 Å². The molecule has 0 radical (unpaired) electrons. The van der Waals surface area contributed by atoms with E-state index in [-0.39, 0.29) is 40.1 Å². The van der Waals surface area contributed by atoms with Crippen LogP contribution in [-0.4, -0.2) is 29.2 Å². The number of carbonyl (C=O) groups is 2. The van der Waals surface area contributed by atoms with Gasteiger partial charge in [-0.2, -0.15) is 0 Å². The lowest BCUT2D eigenvalue weighted by atomic mass is 9.94. The maximum absolute atomic E-state index is 15.8. The summed E-state index contributed by atoms with van der Waals surface area (Å²) < 4.78 is 28.9. The molecule has 5 rings (SSSR count). The van der Waals surface area contributed by atoms with Gasteiger partial charge in [0, 0.05) is 22.0 Å². The smallest absolute Gasteiger partial charge is 0.408 e. The molecule has 1 amide bonds. The number of amides is 1. The molecule has 1 atom stereocenters. The van der Waals surface area contributed by atoms with Gasteiger partial charge in [0.1, 0.15) is 11.4 Å². The van der Waals surface area contributed by atoms with E-state index in [1.54, 1.807) is 6.20 Å². The number of aromatic nitrogens is 1. The highest BCUT2D eigenvalue weighted by molar-refractivity contribution is 7.15. The number of Topliss-reactive ketones (excluding diaryl/α,β-unsaturated/α-hetero) is 1. The van der Waals surface area contributed by atoms with E-state index >= 15 is 4.39 Å². The van der Waals surface area contributed by atoms with Gasteiger partial charge in [-0.3, -0.25) is 9.59 Å². The van der Waals surface area contributed by atoms with Crippen LogP contribution >= 0.6 is 11.3 Å². The summed E-state index contributed by atoms with van der Waals surface area (Å²) in [6, 6.07) is 3.09. The summed E-state index contributed by atoms with van der Waals surface area (Å²) in [7, 11) is 1.47. The monoisotopic (exact) mass is 526 g/mol. The van der Waals surface area contributed by atoms with Gasteiger partial charge in [-0.1, -0.05) is 0 Å². The zero-order valence-corrected chi connectivity index (χ0v) is 22.5. The standard InChI is InChI=1S/C28H31FN2O5S/c1-14(32)18-13-31(16-9-10-16)23-17(24(18)33)12-19(29)22(25(23)35-5)21-11-15-7-6-8-20(26(15)37-21)30-27(34)36-28(2,3)4/h11-13,16,20H,6-10H2,1-5H3,(H,30,34). The van der Waals surface area contributed by atoms with Crippen molar-refractivity contribution in [3.8, 4) is 16.2 Å². The number of nitrogens with one attached hydrogen (secondary N) is 1. The quantitative estimate of drug-likeness (QED) is 0.393. The number of pyridine rings is 1. The molecular weight excluding hydrogens is 495 g/mol. The Hall–Kier alpha value is -3.20. The van der Waals surface area contributed by atoms with Crippen LogP contribution in [0.3, 0.4) is 0 Å². The number of hydrogen-bond donors (Lipinski definition) is 1. The minimum atomic E-state index is -0.608. The number of halogens is 1. The Morgan fingerprint density at radius 3 is 2.54 bits per heavy atom. The summed E-state index contributed by atoms with van der Waals surface area (Å²) >= 11 is 1.42. The second kappa shape index (κ2) is 9.28. The highest BCUT2D eigenvalue weighted by Crippen LogP contribution is 2.47. The van der Waals surface area contributed by atoms with Crippen LogP contribution in [0.1, 0.15) is 86.3 Å². The summed E-state index contributed by atoms with van der Waals surface area (Å²) in [5, 5.41) is 3.11. The summed E-state index contributed by atoms with van der Waals surface area (Å²) in [4.78, 5) is 39.4. The molecule has 37 heavy (non-hydrogen) atoms. The SMILES string of the molecule is COc1c(-c2cc3c(s2)C(NC(=O)OC(C)(C)C)CCC3)c(F)cc2c(=O)c(C(C)=O)cn(C3CC3)c12. The van der Waals surface area contributed by atoms with Gasteiger partial charge in [0.25, 0.3) is 0 Å². The summed E-state index contributed by atoms with van der Waals surface area (Å²) in [6.45, 7) is 6.80. The van der Waals surface area contributed by atoms with E-state index in [2.05, 4.69) is 5.32 Å². The number of hydrogen-bond acceptors (Lipinski definition) is 6. The van der Waals surface area contributed by atoms with Crippen molar-refractivity contribution < 1.29 is 23.5 Å². The Labute approximate surface area is 218 Å². The fraction of sp³-hybridized carbons (Fsp3) is 0.464. The van der Waals surface area contributed by atoms with Gasteiger partial charge in [-0.25, -0.2) is 9.18 Å². The molecule has 7 nitrogen and oxygen atoms in total. The van der Waals surface area contributed by atoms with Crippen molar-refractivity contribution in [1.82, 2.24) is 9.88 Å². The molecule has 0 spiro atoms. The fourth-order valence-corrected chi connectivity index (χ4v) is 6.39. The third-order valence-corrected chi connectivity index (χ3v) is 8.09. The number of ketones is 1. The Bertz CT molecular complexity index is 1480. The van der Waals surface area contributed by atoms with Gasteiger partial charge in [0.05, 0.1) is 35.2 Å². The maximum atomic E-state index is 15.8. The molecule has 0 bridgehead atoms. The second-order valence-electron chi connectivity index (χ2n) is 10.8. The van der Waals surface area contributed by atoms with Crippen LogP contribution in [0, 0.1) is 5.82 Å². The van der Waals surface area contributed by atoms with Crippen LogP contribution in [0.2, 0.25) is 0 Å². The molecule has 3 aromatic rings. The van der Waals surface area contributed by atoms with Gasteiger partial charge in [0.15, 0.2) is 17.0 Å². The number of methoxy groups -OCH3 is 1. The first-order valence-electron chi connectivity index (χ1n) is 12.6. The van der Waals surface area contributed by atoms with Crippen molar-refractivity contribution in [1.29, 1.82) is 0 Å². The molecule has 9 heteroatoms. The first kappa shape index (κ1) is 25.4. The topological polar surface area (TPSA) is 86.6 Å². The van der Waals surface area contributed by atoms with E-state index in [0.717, 1.165) is 42.5 Å². The molecule has 2 aromatic heterocycles. The largest absolute Gasteiger partial charge is 0.494 e. The molecule has 2 heterocycles. The molecule has 1 fully saturated rings. The lowest BCUT2D eigenvalue weighted by molar-refractivity contribution is 0.0499. The number of nitrogens with zero attached hydrogens (tertiary/aromatic N) is 1. The molecule has 1 aromatic carbocycles. The van der Waals surface area contributed by atoms with Crippen molar-refractivity contribution in [2.75, 3.05) is 7.11 Å². The second-order valence-corrected chi connectivity index (χ2v) is 11.9. The predicted molar refractivity (Wildman–Crippen MR) is 141 cm³/mol. The molecule has 1 saturated carbocycles. The lowest BCUT2D eigenvalue weighted by Crippen LogP contribution is -2.35. The highest BCUT2D eigenvalue weighted by Gasteiger charge is 2.32. The summed E-state index contributed by atoms with van der Waals surface area (Å²) in [5.74, 6) is -0.650. The van der Waals surface area contributed by atoms with Crippen molar-refractivity contribution in [3.63, 3.8) is 0 Å². The Kier molecular flexibility index (Phi) is 6.38. The minimum absolute atomic E-state index is 0.0521. The third-order valence-electron chi connectivity index (χ3n) is 6.78. The van der Waals surface area contributed by atoms with Gasteiger partial charge >= 0.3 is 6.09 Å². The van der Waals surface area contributed by atoms with Crippen LogP contribution in [0.15, 0.2) is 23.1 Å². The number of alkyl carbamates (subject to hydrolysis) is 1. The maximum Gasteiger partial charge on any atom is 0.408 e. The number of benzene rings is 1. The molecule has 0 aliphatic heterocycles. The molecule has 196 valence electrons. The van der Waals surface area contributed by atoms with Crippen LogP contribution in [0.4, 0.5) is 9.18 Å². The predicted octanol–water partition coefficient (Wildman–Crippen LogP) is 6.32. The van der Waals surface area contributed by atoms with Gasteiger partial charge in [-0.15, -0.1) is 11.3 Å². The number of thiophene rings is 1. The van der Waals surface area contributed by atoms with Crippen LogP contribution in [-0.2, 0) is 11.2 Å². The Balaban J connectivity index is 1.64. The van der Waals surface area contributed by atoms with E-state index in [1.165, 1.54) is 31.4 Å². The van der Waals surface area contributed by atoms with E-state index in [4.69, 9.17) is 9.47 Å². The van der Waals surface area contributed by atoms with Crippen molar-refractivity contribution in [2.45, 2.75) is 77.5 Å². The molecular formula is C28H31FN2O5S. The molecule has 0 saturated heterocycles. The van der Waals surface area contributed by atoms with Crippen LogP contribution in [0.25, 0.3) is 21.3 Å². The molecule has 1 N–H and O–H groups in total. The summed E-state index contributed by atoms with van der Waals surface area (Å²) in [5.41, 5.74) is 0.802. The van der Waals surface area contributed by atoms with Crippen molar-refractivity contribution in [2.24, 2.45) is 0 Å². The normalized spacial score (nSPS) is 17.4. The average Bonchev–Trinajstić information content (AvgIpc) is 3.55. The first-order chi connectivity index (χ1) is 17.5. The molecule has 1 unspecified atom stereocenters. The molecule has 2 aliphatic carbocycles. The van der Waals surface area contributed by atoms with E-state index < -0.39 is 22.9 Å². The average molecular weight is 527 g/mol. The van der Waals surface area contributed by atoms with Crippen molar-refractivity contribution >= 4 is 34.1 Å².